The Hall–Kier alpha value is -1.53. The first-order chi connectivity index (χ1) is 8.56. The minimum Gasteiger partial charge on any atom is -0.341 e. The van der Waals surface area contributed by atoms with Crippen molar-refractivity contribution in [1.29, 1.82) is 0 Å². The number of pyridine rings is 1. The molecule has 2 aromatic rings. The molecular weight excluding hydrogens is 266 g/mol. The topological polar surface area (TPSA) is 57.8 Å². The van der Waals surface area contributed by atoms with Gasteiger partial charge in [-0.15, -0.1) is 11.3 Å². The van der Waals surface area contributed by atoms with Gasteiger partial charge in [0.2, 0.25) is 5.91 Å². The fourth-order valence-electron chi connectivity index (χ4n) is 1.56. The van der Waals surface area contributed by atoms with E-state index < -0.39 is 0 Å². The zero-order chi connectivity index (χ0) is 13.1. The predicted molar refractivity (Wildman–Crippen MR) is 75.5 cm³/mol. The predicted octanol–water partition coefficient (Wildman–Crippen LogP) is 3.00. The van der Waals surface area contributed by atoms with E-state index in [0.717, 1.165) is 22.0 Å². The summed E-state index contributed by atoms with van der Waals surface area (Å²) in [6.07, 6.45) is 2.03. The van der Waals surface area contributed by atoms with Gasteiger partial charge in [0.15, 0.2) is 3.95 Å². The van der Waals surface area contributed by atoms with Gasteiger partial charge in [-0.05, 0) is 38.2 Å². The van der Waals surface area contributed by atoms with Gasteiger partial charge in [0.05, 0.1) is 17.8 Å². The van der Waals surface area contributed by atoms with Crippen molar-refractivity contribution in [2.75, 3.05) is 5.32 Å². The van der Waals surface area contributed by atoms with E-state index in [4.69, 9.17) is 12.2 Å². The van der Waals surface area contributed by atoms with E-state index in [1.165, 1.54) is 11.3 Å². The Balaban J connectivity index is 2.08. The Morgan fingerprint density at radius 2 is 2.33 bits per heavy atom. The van der Waals surface area contributed by atoms with E-state index in [1.807, 2.05) is 19.9 Å². The molecular formula is C12H13N3OS2. The van der Waals surface area contributed by atoms with E-state index in [1.54, 1.807) is 12.3 Å². The van der Waals surface area contributed by atoms with Crippen LogP contribution in [0.15, 0.2) is 18.3 Å². The van der Waals surface area contributed by atoms with Gasteiger partial charge in [-0.3, -0.25) is 9.78 Å². The summed E-state index contributed by atoms with van der Waals surface area (Å²) in [5.41, 5.74) is 2.52. The Labute approximate surface area is 114 Å². The first-order valence-corrected chi connectivity index (χ1v) is 6.69. The van der Waals surface area contributed by atoms with Crippen molar-refractivity contribution < 1.29 is 4.79 Å². The number of hydrogen-bond acceptors (Lipinski definition) is 4. The van der Waals surface area contributed by atoms with Crippen LogP contribution in [0.4, 0.5) is 5.69 Å². The third-order valence-corrected chi connectivity index (χ3v) is 3.86. The summed E-state index contributed by atoms with van der Waals surface area (Å²) >= 11 is 6.49. The van der Waals surface area contributed by atoms with Crippen LogP contribution < -0.4 is 5.32 Å². The molecule has 2 aromatic heterocycles. The smallest absolute Gasteiger partial charge is 0.229 e. The second-order valence-electron chi connectivity index (χ2n) is 3.92. The van der Waals surface area contributed by atoms with E-state index in [2.05, 4.69) is 15.3 Å². The second-order valence-corrected chi connectivity index (χ2v) is 5.70. The van der Waals surface area contributed by atoms with Crippen molar-refractivity contribution in [3.05, 3.63) is 38.5 Å². The first kappa shape index (κ1) is 12.9. The monoisotopic (exact) mass is 279 g/mol. The van der Waals surface area contributed by atoms with Gasteiger partial charge in [-0.25, -0.2) is 0 Å². The maximum absolute atomic E-state index is 11.9. The van der Waals surface area contributed by atoms with Crippen LogP contribution in [0.1, 0.15) is 16.3 Å². The van der Waals surface area contributed by atoms with Crippen LogP contribution in [-0.2, 0) is 11.2 Å². The van der Waals surface area contributed by atoms with E-state index in [9.17, 15) is 4.79 Å². The van der Waals surface area contributed by atoms with Gasteiger partial charge < -0.3 is 10.3 Å². The van der Waals surface area contributed by atoms with Crippen molar-refractivity contribution in [3.63, 3.8) is 0 Å². The number of rotatable bonds is 3. The van der Waals surface area contributed by atoms with Crippen LogP contribution in [-0.4, -0.2) is 15.9 Å². The molecule has 0 radical (unpaired) electrons. The average Bonchev–Trinajstić information content (AvgIpc) is 2.61. The van der Waals surface area contributed by atoms with Crippen molar-refractivity contribution in [3.8, 4) is 0 Å². The number of nitrogens with zero attached hydrogens (tertiary/aromatic N) is 1. The summed E-state index contributed by atoms with van der Waals surface area (Å²) in [4.78, 5) is 20.0. The molecule has 0 fully saturated rings. The third-order valence-electron chi connectivity index (χ3n) is 2.53. The zero-order valence-electron chi connectivity index (χ0n) is 10.1. The van der Waals surface area contributed by atoms with Gasteiger partial charge in [-0.2, -0.15) is 0 Å². The van der Waals surface area contributed by atoms with Crippen LogP contribution in [0.3, 0.4) is 0 Å². The fraction of sp³-hybridized carbons (Fsp3) is 0.250. The summed E-state index contributed by atoms with van der Waals surface area (Å²) < 4.78 is 0.702. The standard InChI is InChI=1S/C12H13N3OS2/c1-7-9(4-3-5-13-7)15-11(16)6-10-8(2)14-12(17)18-10/h3-5H,6H2,1-2H3,(H,14,17)(H,15,16). The molecule has 2 rings (SSSR count). The molecule has 4 nitrogen and oxygen atoms in total. The van der Waals surface area contributed by atoms with Gasteiger partial charge in [0, 0.05) is 16.8 Å². The molecule has 6 heteroatoms. The average molecular weight is 279 g/mol. The number of aromatic amines is 1. The number of aromatic nitrogens is 2. The molecule has 18 heavy (non-hydrogen) atoms. The van der Waals surface area contributed by atoms with Crippen LogP contribution in [0.25, 0.3) is 0 Å². The third kappa shape index (κ3) is 3.02. The Bertz CT molecular complexity index is 630. The summed E-state index contributed by atoms with van der Waals surface area (Å²) in [6.45, 7) is 3.78. The van der Waals surface area contributed by atoms with Crippen molar-refractivity contribution >= 4 is 35.1 Å². The molecule has 0 aliphatic carbocycles. The lowest BCUT2D eigenvalue weighted by Gasteiger charge is -2.06. The van der Waals surface area contributed by atoms with Crippen LogP contribution in [0, 0.1) is 17.8 Å². The molecule has 0 saturated heterocycles. The van der Waals surface area contributed by atoms with Gasteiger partial charge in [0.25, 0.3) is 0 Å². The fourth-order valence-corrected chi connectivity index (χ4v) is 2.85. The normalized spacial score (nSPS) is 10.3. The minimum atomic E-state index is -0.0561. The van der Waals surface area contributed by atoms with Crippen LogP contribution in [0.2, 0.25) is 0 Å². The Morgan fingerprint density at radius 1 is 1.56 bits per heavy atom. The first-order valence-electron chi connectivity index (χ1n) is 5.46. The summed E-state index contributed by atoms with van der Waals surface area (Å²) in [7, 11) is 0. The number of aryl methyl sites for hydroxylation is 2. The molecule has 0 bridgehead atoms. The number of thiazole rings is 1. The molecule has 0 aromatic carbocycles. The largest absolute Gasteiger partial charge is 0.341 e. The number of carbonyl (C=O) groups is 1. The van der Waals surface area contributed by atoms with E-state index >= 15 is 0 Å². The van der Waals surface area contributed by atoms with E-state index in [0.29, 0.717) is 10.4 Å². The van der Waals surface area contributed by atoms with Crippen molar-refractivity contribution in [2.24, 2.45) is 0 Å². The number of amides is 1. The number of H-pyrrole nitrogens is 1. The van der Waals surface area contributed by atoms with Gasteiger partial charge in [-0.1, -0.05) is 0 Å². The van der Waals surface area contributed by atoms with Gasteiger partial charge in [0.1, 0.15) is 0 Å². The molecule has 1 amide bonds. The number of hydrogen-bond donors (Lipinski definition) is 2. The lowest BCUT2D eigenvalue weighted by Crippen LogP contribution is -2.15. The number of carbonyl (C=O) groups excluding carboxylic acids is 1. The highest BCUT2D eigenvalue weighted by Gasteiger charge is 2.10. The SMILES string of the molecule is Cc1ncccc1NC(=O)Cc1sc(=S)[nH]c1C. The second kappa shape index (κ2) is 5.41. The minimum absolute atomic E-state index is 0.0561. The maximum atomic E-state index is 11.9. The van der Waals surface area contributed by atoms with Gasteiger partial charge >= 0.3 is 0 Å². The van der Waals surface area contributed by atoms with E-state index in [-0.39, 0.29) is 5.91 Å². The highest BCUT2D eigenvalue weighted by molar-refractivity contribution is 7.73. The molecule has 94 valence electrons. The molecule has 0 unspecified atom stereocenters. The summed E-state index contributed by atoms with van der Waals surface area (Å²) in [5, 5.41) is 2.85. The maximum Gasteiger partial charge on any atom is 0.229 e. The molecule has 2 heterocycles. The van der Waals surface area contributed by atoms with Crippen LogP contribution in [0.5, 0.6) is 0 Å². The number of nitrogens with one attached hydrogen (secondary N) is 2. The van der Waals surface area contributed by atoms with Crippen molar-refractivity contribution in [1.82, 2.24) is 9.97 Å². The Morgan fingerprint density at radius 3 is 2.94 bits per heavy atom. The molecule has 0 spiro atoms. The molecule has 0 aliphatic rings. The molecule has 0 atom stereocenters. The Kier molecular flexibility index (Phi) is 3.88. The quantitative estimate of drug-likeness (QED) is 0.849. The van der Waals surface area contributed by atoms with Crippen LogP contribution >= 0.6 is 23.6 Å². The molecule has 2 N–H and O–H groups in total. The highest BCUT2D eigenvalue weighted by atomic mass is 32.1. The zero-order valence-corrected chi connectivity index (χ0v) is 11.7. The highest BCUT2D eigenvalue weighted by Crippen LogP contribution is 2.16. The lowest BCUT2D eigenvalue weighted by molar-refractivity contribution is -0.115. The molecule has 0 aliphatic heterocycles. The number of anilines is 1. The lowest BCUT2D eigenvalue weighted by atomic mass is 10.2. The summed E-state index contributed by atoms with van der Waals surface area (Å²) in [5.74, 6) is -0.0561. The van der Waals surface area contributed by atoms with Crippen molar-refractivity contribution in [2.45, 2.75) is 20.3 Å². The molecule has 0 saturated carbocycles. The summed E-state index contributed by atoms with van der Waals surface area (Å²) in [6, 6.07) is 3.64.